The molecule has 1 aliphatic heterocycles. The van der Waals surface area contributed by atoms with Gasteiger partial charge in [0.05, 0.1) is 24.4 Å². The first kappa shape index (κ1) is 27.7. The van der Waals surface area contributed by atoms with Crippen molar-refractivity contribution >= 4 is 17.3 Å². The molecule has 1 atom stereocenters. The van der Waals surface area contributed by atoms with Crippen molar-refractivity contribution in [2.45, 2.75) is 58.9 Å². The number of aromatic nitrogens is 2. The smallest absolute Gasteiger partial charge is 0.306 e. The van der Waals surface area contributed by atoms with E-state index in [-0.39, 0.29) is 18.3 Å². The molecule has 38 heavy (non-hydrogen) atoms. The molecule has 2 heterocycles. The van der Waals surface area contributed by atoms with Crippen molar-refractivity contribution < 1.29 is 14.3 Å². The summed E-state index contributed by atoms with van der Waals surface area (Å²) in [6, 6.07) is 10.4. The van der Waals surface area contributed by atoms with Gasteiger partial charge in [0.25, 0.3) is 0 Å². The molecule has 2 aromatic carbocycles. The molecule has 8 nitrogen and oxygen atoms in total. The fraction of sp³-hybridized carbons (Fsp3) is 0.467. The van der Waals surface area contributed by atoms with Gasteiger partial charge in [0.1, 0.15) is 5.82 Å². The highest BCUT2D eigenvalue weighted by atomic mass is 16.5. The van der Waals surface area contributed by atoms with E-state index in [9.17, 15) is 4.79 Å². The molecule has 0 amide bonds. The summed E-state index contributed by atoms with van der Waals surface area (Å²) in [5.74, 6) is 7.26. The molecule has 1 unspecified atom stereocenters. The first-order chi connectivity index (χ1) is 18.3. The number of benzene rings is 2. The number of aryl methyl sites for hydroxylation is 1. The average Bonchev–Trinajstić information content (AvgIpc) is 3.32. The van der Waals surface area contributed by atoms with Gasteiger partial charge in [-0.1, -0.05) is 24.3 Å². The Labute approximate surface area is 225 Å². The number of carbonyl (C=O) groups excluding carboxylic acids is 1. The molecule has 8 heteroatoms. The number of esters is 1. The Hall–Kier alpha value is -3.36. The van der Waals surface area contributed by atoms with Crippen LogP contribution < -0.4 is 16.6 Å². The number of imidazole rings is 1. The van der Waals surface area contributed by atoms with E-state index < -0.39 is 0 Å². The zero-order valence-corrected chi connectivity index (χ0v) is 23.1. The third kappa shape index (κ3) is 6.37. The van der Waals surface area contributed by atoms with Gasteiger partial charge in [0.2, 0.25) is 0 Å². The van der Waals surface area contributed by atoms with Gasteiger partial charge in [0, 0.05) is 51.5 Å². The Morgan fingerprint density at radius 3 is 2.71 bits per heavy atom. The van der Waals surface area contributed by atoms with Crippen LogP contribution in [0, 0.1) is 19.8 Å². The minimum atomic E-state index is -0.231. The lowest BCUT2D eigenvalue weighted by Crippen LogP contribution is -2.26. The number of hydrogen-bond donors (Lipinski definition) is 2. The summed E-state index contributed by atoms with van der Waals surface area (Å²) in [4.78, 5) is 17.4. The van der Waals surface area contributed by atoms with Gasteiger partial charge in [-0.05, 0) is 73.4 Å². The number of nitrogens with zero attached hydrogens (tertiary/aromatic N) is 3. The molecule has 0 bridgehead atoms. The van der Waals surface area contributed by atoms with Gasteiger partial charge in [-0.3, -0.25) is 4.79 Å². The second kappa shape index (κ2) is 12.5. The van der Waals surface area contributed by atoms with Crippen LogP contribution in [0.5, 0.6) is 0 Å². The van der Waals surface area contributed by atoms with Crippen LogP contribution in [0.25, 0.3) is 0 Å². The Morgan fingerprint density at radius 2 is 2.00 bits per heavy atom. The van der Waals surface area contributed by atoms with Crippen LogP contribution >= 0.6 is 0 Å². The summed E-state index contributed by atoms with van der Waals surface area (Å²) in [5, 5.41) is 1.51. The highest BCUT2D eigenvalue weighted by Gasteiger charge is 2.24. The number of anilines is 2. The number of nitrogen functional groups attached to an aromatic ring is 1. The van der Waals surface area contributed by atoms with E-state index in [0.717, 1.165) is 67.2 Å². The molecular weight excluding hydrogens is 478 g/mol. The predicted octanol–water partition coefficient (Wildman–Crippen LogP) is 4.49. The van der Waals surface area contributed by atoms with Crippen molar-refractivity contribution in [3.8, 4) is 0 Å². The average molecular weight is 520 g/mol. The largest absolute Gasteiger partial charge is 0.466 e. The van der Waals surface area contributed by atoms with E-state index in [1.54, 1.807) is 7.05 Å². The summed E-state index contributed by atoms with van der Waals surface area (Å²) in [6.07, 6.45) is 7.30. The van der Waals surface area contributed by atoms with E-state index in [2.05, 4.69) is 40.9 Å². The van der Waals surface area contributed by atoms with E-state index in [4.69, 9.17) is 21.1 Å². The van der Waals surface area contributed by atoms with Gasteiger partial charge in [0.15, 0.2) is 0 Å². The fourth-order valence-corrected chi connectivity index (χ4v) is 5.35. The van der Waals surface area contributed by atoms with Crippen LogP contribution in [-0.4, -0.2) is 42.4 Å². The predicted molar refractivity (Wildman–Crippen MR) is 151 cm³/mol. The van der Waals surface area contributed by atoms with Gasteiger partial charge >= 0.3 is 5.97 Å². The number of hydrogen-bond acceptors (Lipinski definition) is 7. The highest BCUT2D eigenvalue weighted by molar-refractivity contribution is 5.75. The number of nitrogens with two attached hydrogens (primary N) is 2. The molecule has 0 spiro atoms. The molecule has 0 saturated carbocycles. The van der Waals surface area contributed by atoms with Gasteiger partial charge in [-0.25, -0.2) is 10.8 Å². The Kier molecular flexibility index (Phi) is 9.07. The van der Waals surface area contributed by atoms with E-state index in [0.29, 0.717) is 18.2 Å². The molecule has 204 valence electrons. The standard InChI is InChI=1S/C30H41N5O3/c1-5-38-29(36)18-26(25-8-9-27(34(4)32)30(31)21(25)3)23-7-6-20(2)24(17-23)19-35-13-12-33-28(35)16-22-10-14-37-15-11-22/h6-9,12-13,17,22,26H,5,10-11,14-16,18-19,31-32H2,1-4H3. The van der Waals surface area contributed by atoms with Gasteiger partial charge in [-0.15, -0.1) is 0 Å². The van der Waals surface area contributed by atoms with Gasteiger partial charge in [-0.2, -0.15) is 0 Å². The Balaban J connectivity index is 1.66. The Bertz CT molecular complexity index is 1250. The van der Waals surface area contributed by atoms with Crippen molar-refractivity contribution in [2.24, 2.45) is 11.8 Å². The molecule has 4 N–H and O–H groups in total. The Morgan fingerprint density at radius 1 is 1.24 bits per heavy atom. The second-order valence-electron chi connectivity index (χ2n) is 10.3. The lowest BCUT2D eigenvalue weighted by atomic mass is 9.84. The van der Waals surface area contributed by atoms with Crippen LogP contribution in [0.1, 0.15) is 65.7 Å². The third-order valence-corrected chi connectivity index (χ3v) is 7.70. The highest BCUT2D eigenvalue weighted by Crippen LogP contribution is 2.37. The van der Waals surface area contributed by atoms with Crippen LogP contribution in [0.2, 0.25) is 0 Å². The number of hydrazine groups is 1. The molecule has 1 saturated heterocycles. The van der Waals surface area contributed by atoms with Crippen molar-refractivity contribution in [1.82, 2.24) is 9.55 Å². The minimum Gasteiger partial charge on any atom is -0.466 e. The summed E-state index contributed by atoms with van der Waals surface area (Å²) in [7, 11) is 1.76. The summed E-state index contributed by atoms with van der Waals surface area (Å²) in [6.45, 7) is 8.68. The maximum absolute atomic E-state index is 12.7. The molecule has 3 aromatic rings. The van der Waals surface area contributed by atoms with Crippen molar-refractivity contribution in [3.63, 3.8) is 0 Å². The maximum Gasteiger partial charge on any atom is 0.306 e. The minimum absolute atomic E-state index is 0.197. The molecule has 4 rings (SSSR count). The fourth-order valence-electron chi connectivity index (χ4n) is 5.35. The normalized spacial score (nSPS) is 14.9. The third-order valence-electron chi connectivity index (χ3n) is 7.70. The van der Waals surface area contributed by atoms with Crippen LogP contribution in [0.3, 0.4) is 0 Å². The summed E-state index contributed by atoms with van der Waals surface area (Å²) in [5.41, 5.74) is 13.2. The van der Waals surface area contributed by atoms with Crippen LogP contribution in [0.4, 0.5) is 11.4 Å². The maximum atomic E-state index is 12.7. The van der Waals surface area contributed by atoms with Crippen molar-refractivity contribution in [3.05, 3.63) is 76.4 Å². The molecule has 1 aliphatic rings. The lowest BCUT2D eigenvalue weighted by molar-refractivity contribution is -0.143. The number of carbonyl (C=O) groups is 1. The summed E-state index contributed by atoms with van der Waals surface area (Å²) >= 11 is 0. The second-order valence-corrected chi connectivity index (χ2v) is 10.3. The van der Waals surface area contributed by atoms with Gasteiger partial charge < -0.3 is 24.8 Å². The SMILES string of the molecule is CCOC(=O)CC(c1ccc(C)c(Cn2ccnc2CC2CCOCC2)c1)c1ccc(N(C)N)c(N)c1C. The summed E-state index contributed by atoms with van der Waals surface area (Å²) < 4.78 is 13.1. The first-order valence-corrected chi connectivity index (χ1v) is 13.5. The zero-order chi connectivity index (χ0) is 27.2. The lowest BCUT2D eigenvalue weighted by Gasteiger charge is -2.24. The first-order valence-electron chi connectivity index (χ1n) is 13.5. The van der Waals surface area contributed by atoms with Crippen molar-refractivity contribution in [1.29, 1.82) is 0 Å². The van der Waals surface area contributed by atoms with Crippen LogP contribution in [-0.2, 0) is 27.2 Å². The van der Waals surface area contributed by atoms with E-state index >= 15 is 0 Å². The quantitative estimate of drug-likeness (QED) is 0.176. The monoisotopic (exact) mass is 519 g/mol. The molecule has 0 aliphatic carbocycles. The molecule has 1 aromatic heterocycles. The topological polar surface area (TPSA) is 109 Å². The molecular formula is C30H41N5O3. The number of ether oxygens (including phenoxy) is 2. The van der Waals surface area contributed by atoms with E-state index in [1.807, 2.05) is 32.2 Å². The van der Waals surface area contributed by atoms with Crippen LogP contribution in [0.15, 0.2) is 42.7 Å². The zero-order valence-electron chi connectivity index (χ0n) is 23.1. The molecule has 0 radical (unpaired) electrons. The number of rotatable bonds is 10. The van der Waals surface area contributed by atoms with Crippen molar-refractivity contribution in [2.75, 3.05) is 37.6 Å². The van der Waals surface area contributed by atoms with E-state index in [1.165, 1.54) is 16.1 Å². The molecule has 1 fully saturated rings.